The molecule has 2 atom stereocenters. The summed E-state index contributed by atoms with van der Waals surface area (Å²) in [5.41, 5.74) is 6.29. The number of rotatable bonds is 2. The van der Waals surface area contributed by atoms with Crippen molar-refractivity contribution in [3.05, 3.63) is 24.0 Å². The molecule has 3 rings (SSSR count). The van der Waals surface area contributed by atoms with Gasteiger partial charge in [0, 0.05) is 5.56 Å². The second-order valence-electron chi connectivity index (χ2n) is 5.16. The summed E-state index contributed by atoms with van der Waals surface area (Å²) in [4.78, 5) is 0. The third-order valence-electron chi connectivity index (χ3n) is 3.88. The van der Waals surface area contributed by atoms with Crippen molar-refractivity contribution in [3.8, 4) is 11.4 Å². The van der Waals surface area contributed by atoms with Gasteiger partial charge in [0.2, 0.25) is 0 Å². The molecular weight excluding hydrogens is 245 g/mol. The van der Waals surface area contributed by atoms with Crippen molar-refractivity contribution in [1.29, 1.82) is 0 Å². The normalized spacial score (nSPS) is 22.8. The number of hydrogen-bond acceptors (Lipinski definition) is 4. The standard InChI is InChI=1S/C13H16FN5/c1-8-3-2-4-12(8)19-13(16-17-18-19)9-5-6-11(15)10(14)7-9/h5-8,12H,2-4,15H2,1H3. The van der Waals surface area contributed by atoms with E-state index in [0.717, 1.165) is 6.42 Å². The van der Waals surface area contributed by atoms with Crippen LogP contribution in [0.1, 0.15) is 32.2 Å². The van der Waals surface area contributed by atoms with Gasteiger partial charge < -0.3 is 5.73 Å². The average Bonchev–Trinajstić information content (AvgIpc) is 3.00. The van der Waals surface area contributed by atoms with Crippen LogP contribution in [0.3, 0.4) is 0 Å². The molecule has 0 bridgehead atoms. The minimum absolute atomic E-state index is 0.136. The zero-order chi connectivity index (χ0) is 13.4. The predicted molar refractivity (Wildman–Crippen MR) is 69.7 cm³/mol. The van der Waals surface area contributed by atoms with E-state index in [9.17, 15) is 4.39 Å². The van der Waals surface area contributed by atoms with E-state index in [1.54, 1.807) is 12.1 Å². The summed E-state index contributed by atoms with van der Waals surface area (Å²) in [7, 11) is 0. The summed E-state index contributed by atoms with van der Waals surface area (Å²) in [5, 5.41) is 11.8. The smallest absolute Gasteiger partial charge is 0.182 e. The first-order chi connectivity index (χ1) is 9.16. The van der Waals surface area contributed by atoms with Crippen molar-refractivity contribution in [1.82, 2.24) is 20.2 Å². The van der Waals surface area contributed by atoms with E-state index in [-0.39, 0.29) is 5.69 Å². The first-order valence-electron chi connectivity index (χ1n) is 6.50. The lowest BCUT2D eigenvalue weighted by atomic mass is 10.1. The highest BCUT2D eigenvalue weighted by molar-refractivity contribution is 5.59. The summed E-state index contributed by atoms with van der Waals surface area (Å²) >= 11 is 0. The molecule has 0 spiro atoms. The van der Waals surface area contributed by atoms with Crippen LogP contribution in [0.25, 0.3) is 11.4 Å². The molecule has 1 aliphatic carbocycles. The molecule has 0 amide bonds. The molecule has 2 unspecified atom stereocenters. The average molecular weight is 261 g/mol. The molecule has 100 valence electrons. The van der Waals surface area contributed by atoms with Crippen LogP contribution in [0.4, 0.5) is 10.1 Å². The van der Waals surface area contributed by atoms with Crippen molar-refractivity contribution >= 4 is 5.69 Å². The number of nitrogens with zero attached hydrogens (tertiary/aromatic N) is 4. The molecule has 0 radical (unpaired) electrons. The largest absolute Gasteiger partial charge is 0.396 e. The first kappa shape index (κ1) is 12.1. The second-order valence-corrected chi connectivity index (χ2v) is 5.16. The molecule has 5 nitrogen and oxygen atoms in total. The van der Waals surface area contributed by atoms with Crippen LogP contribution >= 0.6 is 0 Å². The van der Waals surface area contributed by atoms with Crippen LogP contribution in [-0.2, 0) is 0 Å². The van der Waals surface area contributed by atoms with Crippen LogP contribution in [0.15, 0.2) is 18.2 Å². The lowest BCUT2D eigenvalue weighted by Crippen LogP contribution is -2.14. The van der Waals surface area contributed by atoms with Crippen LogP contribution in [0.5, 0.6) is 0 Å². The van der Waals surface area contributed by atoms with Gasteiger partial charge in [-0.15, -0.1) is 5.10 Å². The van der Waals surface area contributed by atoms with Crippen LogP contribution in [0.2, 0.25) is 0 Å². The lowest BCUT2D eigenvalue weighted by Gasteiger charge is -2.16. The molecule has 2 aromatic rings. The molecule has 1 fully saturated rings. The number of tetrazole rings is 1. The van der Waals surface area contributed by atoms with Gasteiger partial charge in [-0.2, -0.15) is 0 Å². The van der Waals surface area contributed by atoms with E-state index < -0.39 is 5.82 Å². The third kappa shape index (κ3) is 2.07. The van der Waals surface area contributed by atoms with E-state index in [1.807, 2.05) is 4.68 Å². The number of aromatic nitrogens is 4. The molecule has 1 heterocycles. The maximum Gasteiger partial charge on any atom is 0.182 e. The van der Waals surface area contributed by atoms with Gasteiger partial charge in [-0.05, 0) is 47.4 Å². The number of nitrogens with two attached hydrogens (primary N) is 1. The van der Waals surface area contributed by atoms with Crippen LogP contribution in [-0.4, -0.2) is 20.2 Å². The van der Waals surface area contributed by atoms with Gasteiger partial charge in [0.25, 0.3) is 0 Å². The lowest BCUT2D eigenvalue weighted by molar-refractivity contribution is 0.370. The molecule has 1 aromatic carbocycles. The van der Waals surface area contributed by atoms with Gasteiger partial charge >= 0.3 is 0 Å². The van der Waals surface area contributed by atoms with E-state index in [0.29, 0.717) is 23.3 Å². The number of halogens is 1. The Morgan fingerprint density at radius 3 is 2.89 bits per heavy atom. The predicted octanol–water partition coefficient (Wildman–Crippen LogP) is 2.42. The maximum atomic E-state index is 13.6. The van der Waals surface area contributed by atoms with Crippen molar-refractivity contribution in [2.45, 2.75) is 32.2 Å². The Balaban J connectivity index is 2.01. The first-order valence-corrected chi connectivity index (χ1v) is 6.50. The number of hydrogen-bond donors (Lipinski definition) is 1. The van der Waals surface area contributed by atoms with Gasteiger partial charge in [-0.3, -0.25) is 0 Å². The molecule has 19 heavy (non-hydrogen) atoms. The third-order valence-corrected chi connectivity index (χ3v) is 3.88. The zero-order valence-electron chi connectivity index (χ0n) is 10.8. The summed E-state index contributed by atoms with van der Waals surface area (Å²) in [6.07, 6.45) is 3.43. The monoisotopic (exact) mass is 261 g/mol. The van der Waals surface area contributed by atoms with Gasteiger partial charge in [0.05, 0.1) is 11.7 Å². The Labute approximate surface area is 110 Å². The summed E-state index contributed by atoms with van der Waals surface area (Å²) in [6.45, 7) is 2.20. The SMILES string of the molecule is CC1CCCC1n1nnnc1-c1ccc(N)c(F)c1. The van der Waals surface area contributed by atoms with Crippen LogP contribution in [0, 0.1) is 11.7 Å². The van der Waals surface area contributed by atoms with Gasteiger partial charge in [0.1, 0.15) is 5.82 Å². The molecule has 6 heteroatoms. The molecule has 1 aliphatic rings. The van der Waals surface area contributed by atoms with E-state index in [1.165, 1.54) is 18.9 Å². The quantitative estimate of drug-likeness (QED) is 0.843. The highest BCUT2D eigenvalue weighted by Crippen LogP contribution is 2.36. The molecule has 2 N–H and O–H groups in total. The topological polar surface area (TPSA) is 69.6 Å². The highest BCUT2D eigenvalue weighted by atomic mass is 19.1. The maximum absolute atomic E-state index is 13.6. The van der Waals surface area contributed by atoms with Crippen LogP contribution < -0.4 is 5.73 Å². The summed E-state index contributed by atoms with van der Waals surface area (Å²) < 4.78 is 15.4. The fourth-order valence-electron chi connectivity index (χ4n) is 2.76. The fourth-order valence-corrected chi connectivity index (χ4v) is 2.76. The number of nitrogen functional groups attached to an aromatic ring is 1. The number of benzene rings is 1. The van der Waals surface area contributed by atoms with E-state index in [4.69, 9.17) is 5.73 Å². The van der Waals surface area contributed by atoms with Crippen molar-refractivity contribution < 1.29 is 4.39 Å². The number of anilines is 1. The zero-order valence-corrected chi connectivity index (χ0v) is 10.8. The summed E-state index contributed by atoms with van der Waals surface area (Å²) in [6, 6.07) is 4.98. The molecule has 0 aliphatic heterocycles. The molecule has 1 aromatic heterocycles. The second kappa shape index (κ2) is 4.60. The van der Waals surface area contributed by atoms with Gasteiger partial charge in [-0.1, -0.05) is 13.3 Å². The molecule has 0 saturated heterocycles. The Bertz CT molecular complexity index is 594. The Hall–Kier alpha value is -1.98. The Morgan fingerprint density at radius 2 is 2.21 bits per heavy atom. The molecule has 1 saturated carbocycles. The van der Waals surface area contributed by atoms with Gasteiger partial charge in [0.15, 0.2) is 5.82 Å². The highest BCUT2D eigenvalue weighted by Gasteiger charge is 2.28. The van der Waals surface area contributed by atoms with Gasteiger partial charge in [-0.25, -0.2) is 9.07 Å². The Kier molecular flexibility index (Phi) is 2.93. The van der Waals surface area contributed by atoms with Crippen molar-refractivity contribution in [3.63, 3.8) is 0 Å². The summed E-state index contributed by atoms with van der Waals surface area (Å²) in [5.74, 6) is 0.713. The van der Waals surface area contributed by atoms with Crippen molar-refractivity contribution in [2.24, 2.45) is 5.92 Å². The minimum Gasteiger partial charge on any atom is -0.396 e. The molecular formula is C13H16FN5. The fraction of sp³-hybridized carbons (Fsp3) is 0.462. The minimum atomic E-state index is -0.438. The Morgan fingerprint density at radius 1 is 1.37 bits per heavy atom. The van der Waals surface area contributed by atoms with E-state index in [2.05, 4.69) is 22.4 Å². The van der Waals surface area contributed by atoms with E-state index >= 15 is 0 Å². The van der Waals surface area contributed by atoms with Crippen molar-refractivity contribution in [2.75, 3.05) is 5.73 Å².